The van der Waals surface area contributed by atoms with Crippen molar-refractivity contribution in [3.05, 3.63) is 89.4 Å². The van der Waals surface area contributed by atoms with E-state index < -0.39 is 12.1 Å². The molecule has 0 amide bonds. The number of aryl methyl sites for hydroxylation is 2. The van der Waals surface area contributed by atoms with Crippen LogP contribution in [0.1, 0.15) is 35.0 Å². The molecule has 6 rings (SSSR count). The number of carbonyl (C=O) groups is 1. The molecule has 0 spiro atoms. The Hall–Kier alpha value is -4.32. The lowest BCUT2D eigenvalue weighted by Gasteiger charge is -2.17. The Morgan fingerprint density at radius 2 is 1.93 bits per heavy atom. The topological polar surface area (TPSA) is 100 Å². The fourth-order valence-electron chi connectivity index (χ4n) is 5.87. The van der Waals surface area contributed by atoms with Crippen LogP contribution in [0.3, 0.4) is 0 Å². The van der Waals surface area contributed by atoms with Crippen molar-refractivity contribution < 1.29 is 18.8 Å². The molecule has 1 fully saturated rings. The van der Waals surface area contributed by atoms with Crippen molar-refractivity contribution in [1.82, 2.24) is 34.6 Å². The van der Waals surface area contributed by atoms with E-state index in [-0.39, 0.29) is 24.5 Å². The van der Waals surface area contributed by atoms with E-state index in [0.29, 0.717) is 25.3 Å². The molecule has 0 radical (unpaired) electrons. The van der Waals surface area contributed by atoms with Crippen LogP contribution in [0.15, 0.2) is 60.9 Å². The van der Waals surface area contributed by atoms with Crippen LogP contribution in [0.5, 0.6) is 0 Å². The molecule has 1 aliphatic rings. The highest BCUT2D eigenvalue weighted by Crippen LogP contribution is 2.37. The number of ether oxygens (including phenoxy) is 1. The second-order valence-corrected chi connectivity index (χ2v) is 11.0. The van der Waals surface area contributed by atoms with Crippen LogP contribution in [-0.4, -0.2) is 67.2 Å². The number of rotatable bonds is 10. The van der Waals surface area contributed by atoms with Gasteiger partial charge >= 0.3 is 0 Å². The lowest BCUT2D eigenvalue weighted by Crippen LogP contribution is -2.24. The quantitative estimate of drug-likeness (QED) is 0.218. The summed E-state index contributed by atoms with van der Waals surface area (Å²) in [4.78, 5) is 28.3. The van der Waals surface area contributed by atoms with Crippen LogP contribution in [-0.2, 0) is 27.8 Å². The van der Waals surface area contributed by atoms with Gasteiger partial charge in [0.2, 0.25) is 5.95 Å². The molecule has 0 N–H and O–H groups in total. The molecule has 5 aromatic rings. The standard InChI is InChI=1S/C32H34FN7O3/c1-20-28(17-26(41)14-24-19-39(12-13-42-4)43-31(24)22-10-11-34-29(33)16-22)40(25-8-6-5-7-9-25)37-30(20)23-15-27-21(2)36-38(3)32(27)35-18-23/h5-11,15-16,18,24,31H,12-14,17,19H2,1-4H3/t24-,31+/m1/s1. The fourth-order valence-corrected chi connectivity index (χ4v) is 5.87. The molecule has 5 heterocycles. The summed E-state index contributed by atoms with van der Waals surface area (Å²) in [6, 6.07) is 15.0. The number of para-hydroxylation sites is 1. The first-order valence-electron chi connectivity index (χ1n) is 14.3. The van der Waals surface area contributed by atoms with Crippen molar-refractivity contribution in [2.24, 2.45) is 13.0 Å². The Morgan fingerprint density at radius 1 is 1.12 bits per heavy atom. The Labute approximate surface area is 249 Å². The molecule has 10 nitrogen and oxygen atoms in total. The van der Waals surface area contributed by atoms with Gasteiger partial charge in [0.05, 0.1) is 29.4 Å². The Kier molecular flexibility index (Phi) is 8.11. The first kappa shape index (κ1) is 28.8. The molecular weight excluding hydrogens is 549 g/mol. The number of pyridine rings is 2. The Balaban J connectivity index is 1.31. The third kappa shape index (κ3) is 5.83. The first-order valence-corrected chi connectivity index (χ1v) is 14.3. The van der Waals surface area contributed by atoms with Gasteiger partial charge in [-0.25, -0.2) is 14.6 Å². The molecule has 4 aromatic heterocycles. The molecule has 1 aliphatic heterocycles. The van der Waals surface area contributed by atoms with Crippen molar-refractivity contribution in [2.45, 2.75) is 32.8 Å². The second-order valence-electron chi connectivity index (χ2n) is 11.0. The van der Waals surface area contributed by atoms with E-state index in [0.717, 1.165) is 44.9 Å². The highest BCUT2D eigenvalue weighted by atomic mass is 19.1. The van der Waals surface area contributed by atoms with E-state index in [1.807, 2.05) is 62.1 Å². The maximum absolute atomic E-state index is 14.0. The number of hydrogen-bond acceptors (Lipinski definition) is 8. The van der Waals surface area contributed by atoms with Gasteiger partial charge in [0.25, 0.3) is 0 Å². The van der Waals surface area contributed by atoms with Gasteiger partial charge in [-0.2, -0.15) is 19.7 Å². The molecular formula is C32H34FN7O3. The van der Waals surface area contributed by atoms with Crippen molar-refractivity contribution in [3.63, 3.8) is 0 Å². The van der Waals surface area contributed by atoms with E-state index >= 15 is 0 Å². The van der Waals surface area contributed by atoms with Gasteiger partial charge in [0.1, 0.15) is 11.9 Å². The van der Waals surface area contributed by atoms with Crippen LogP contribution >= 0.6 is 0 Å². The number of ketones is 1. The third-order valence-electron chi connectivity index (χ3n) is 7.99. The summed E-state index contributed by atoms with van der Waals surface area (Å²) in [7, 11) is 3.51. The average molecular weight is 584 g/mol. The maximum Gasteiger partial charge on any atom is 0.213 e. The van der Waals surface area contributed by atoms with Gasteiger partial charge in [-0.05, 0) is 55.3 Å². The summed E-state index contributed by atoms with van der Waals surface area (Å²) in [5.41, 5.74) is 6.58. The molecule has 2 atom stereocenters. The first-order chi connectivity index (χ1) is 20.8. The van der Waals surface area contributed by atoms with Crippen LogP contribution in [0.2, 0.25) is 0 Å². The van der Waals surface area contributed by atoms with E-state index in [4.69, 9.17) is 14.7 Å². The normalized spacial score (nSPS) is 17.2. The highest BCUT2D eigenvalue weighted by molar-refractivity contribution is 5.85. The molecule has 43 heavy (non-hydrogen) atoms. The zero-order valence-electron chi connectivity index (χ0n) is 24.7. The van der Waals surface area contributed by atoms with Crippen LogP contribution in [0.25, 0.3) is 28.0 Å². The number of halogens is 1. The largest absolute Gasteiger partial charge is 0.383 e. The number of methoxy groups -OCH3 is 1. The van der Waals surface area contributed by atoms with E-state index in [1.165, 1.54) is 12.3 Å². The van der Waals surface area contributed by atoms with Crippen molar-refractivity contribution in [1.29, 1.82) is 0 Å². The fraction of sp³-hybridized carbons (Fsp3) is 0.344. The number of aromatic nitrogens is 6. The Bertz CT molecular complexity index is 1770. The van der Waals surface area contributed by atoms with Gasteiger partial charge in [-0.15, -0.1) is 0 Å². The van der Waals surface area contributed by atoms with E-state index in [9.17, 15) is 9.18 Å². The number of hydrogen-bond donors (Lipinski definition) is 0. The smallest absolute Gasteiger partial charge is 0.213 e. The lowest BCUT2D eigenvalue weighted by molar-refractivity contribution is -0.155. The highest BCUT2D eigenvalue weighted by Gasteiger charge is 2.37. The maximum atomic E-state index is 14.0. The average Bonchev–Trinajstić information content (AvgIpc) is 3.65. The summed E-state index contributed by atoms with van der Waals surface area (Å²) >= 11 is 0. The number of hydroxylamine groups is 2. The summed E-state index contributed by atoms with van der Waals surface area (Å²) in [6.07, 6.45) is 3.21. The van der Waals surface area contributed by atoms with Crippen molar-refractivity contribution >= 4 is 16.8 Å². The summed E-state index contributed by atoms with van der Waals surface area (Å²) < 4.78 is 22.9. The third-order valence-corrected chi connectivity index (χ3v) is 7.99. The number of nitrogens with zero attached hydrogens (tertiary/aromatic N) is 7. The molecule has 222 valence electrons. The SMILES string of the molecule is COCCN1C[C@@H](CC(=O)Cc2c(C)c(-c3cnc4c(c3)c(C)nn4C)nn2-c2ccccc2)[C@H](c2ccnc(F)c2)O1. The van der Waals surface area contributed by atoms with Crippen LogP contribution in [0.4, 0.5) is 4.39 Å². The Morgan fingerprint density at radius 3 is 2.70 bits per heavy atom. The van der Waals surface area contributed by atoms with Crippen LogP contribution in [0, 0.1) is 25.7 Å². The molecule has 0 saturated carbocycles. The number of carbonyl (C=O) groups excluding carboxylic acids is 1. The molecule has 11 heteroatoms. The number of benzene rings is 1. The monoisotopic (exact) mass is 583 g/mol. The number of Topliss-reactive ketones (excluding diaryl/α,β-unsaturated/α-hetero) is 1. The van der Waals surface area contributed by atoms with Gasteiger partial charge in [-0.3, -0.25) is 14.3 Å². The molecule has 1 saturated heterocycles. The summed E-state index contributed by atoms with van der Waals surface area (Å²) in [5.74, 6) is -0.699. The zero-order valence-corrected chi connectivity index (χ0v) is 24.7. The predicted octanol–water partition coefficient (Wildman–Crippen LogP) is 4.72. The molecule has 0 unspecified atom stereocenters. The van der Waals surface area contributed by atoms with E-state index in [2.05, 4.69) is 21.1 Å². The second kappa shape index (κ2) is 12.1. The lowest BCUT2D eigenvalue weighted by atomic mass is 9.91. The molecule has 0 aliphatic carbocycles. The summed E-state index contributed by atoms with van der Waals surface area (Å²) in [5, 5.41) is 12.3. The van der Waals surface area contributed by atoms with Gasteiger partial charge < -0.3 is 4.74 Å². The number of fused-ring (bicyclic) bond motifs is 1. The van der Waals surface area contributed by atoms with Crippen molar-refractivity contribution in [3.8, 4) is 16.9 Å². The van der Waals surface area contributed by atoms with Crippen molar-refractivity contribution in [2.75, 3.05) is 26.8 Å². The van der Waals surface area contributed by atoms with Gasteiger partial charge in [-0.1, -0.05) is 18.2 Å². The molecule has 0 bridgehead atoms. The minimum Gasteiger partial charge on any atom is -0.383 e. The van der Waals surface area contributed by atoms with Crippen LogP contribution < -0.4 is 0 Å². The zero-order chi connectivity index (χ0) is 30.1. The van der Waals surface area contributed by atoms with Gasteiger partial charge in [0.15, 0.2) is 5.65 Å². The minimum atomic E-state index is -0.578. The minimum absolute atomic E-state index is 0.0464. The van der Waals surface area contributed by atoms with E-state index in [1.54, 1.807) is 22.9 Å². The predicted molar refractivity (Wildman–Crippen MR) is 159 cm³/mol. The van der Waals surface area contributed by atoms with Gasteiger partial charge in [0, 0.05) is 69.3 Å². The summed E-state index contributed by atoms with van der Waals surface area (Å²) in [6.45, 7) is 5.52. The molecule has 1 aromatic carbocycles.